The summed E-state index contributed by atoms with van der Waals surface area (Å²) in [6.45, 7) is 2.31. The fourth-order valence-electron chi connectivity index (χ4n) is 1.97. The van der Waals surface area contributed by atoms with Gasteiger partial charge in [0, 0.05) is 12.6 Å². The van der Waals surface area contributed by atoms with Crippen LogP contribution in [0.1, 0.15) is 6.92 Å². The smallest absolute Gasteiger partial charge is 0.154 e. The highest BCUT2D eigenvalue weighted by Gasteiger charge is 2.28. The molecule has 1 atom stereocenters. The van der Waals surface area contributed by atoms with Crippen LogP contribution >= 0.6 is 0 Å². The molecule has 0 bridgehead atoms. The molecular formula is C10H16N4O2S. The predicted octanol–water partition coefficient (Wildman–Crippen LogP) is -0.131. The third-order valence-electron chi connectivity index (χ3n) is 2.91. The van der Waals surface area contributed by atoms with Gasteiger partial charge in [-0.3, -0.25) is 0 Å². The predicted molar refractivity (Wildman–Crippen MR) is 68.5 cm³/mol. The molecule has 1 aliphatic heterocycles. The lowest BCUT2D eigenvalue weighted by Gasteiger charge is -2.34. The lowest BCUT2D eigenvalue weighted by atomic mass is 10.3. The molecule has 0 aromatic carbocycles. The highest BCUT2D eigenvalue weighted by Crippen LogP contribution is 2.22. The van der Waals surface area contributed by atoms with Gasteiger partial charge in [-0.25, -0.2) is 13.4 Å². The summed E-state index contributed by atoms with van der Waals surface area (Å²) in [4.78, 5) is 6.12. The minimum absolute atomic E-state index is 0.0933. The fraction of sp³-hybridized carbons (Fsp3) is 0.500. The summed E-state index contributed by atoms with van der Waals surface area (Å²) in [5.74, 6) is 1.27. The average Bonchev–Trinajstić information content (AvgIpc) is 2.21. The summed E-state index contributed by atoms with van der Waals surface area (Å²) in [5, 5.41) is 0. The van der Waals surface area contributed by atoms with E-state index in [9.17, 15) is 8.42 Å². The van der Waals surface area contributed by atoms with Crippen molar-refractivity contribution in [1.82, 2.24) is 4.98 Å². The minimum Gasteiger partial charge on any atom is -0.396 e. The van der Waals surface area contributed by atoms with E-state index >= 15 is 0 Å². The Hall–Kier alpha value is -1.50. The van der Waals surface area contributed by atoms with E-state index in [-0.39, 0.29) is 23.4 Å². The zero-order valence-electron chi connectivity index (χ0n) is 9.63. The van der Waals surface area contributed by atoms with Crippen LogP contribution in [0.5, 0.6) is 0 Å². The van der Waals surface area contributed by atoms with Gasteiger partial charge in [0.05, 0.1) is 17.2 Å². The summed E-state index contributed by atoms with van der Waals surface area (Å²) >= 11 is 0. The molecule has 0 saturated carbocycles. The van der Waals surface area contributed by atoms with E-state index in [0.717, 1.165) is 0 Å². The maximum atomic E-state index is 11.5. The van der Waals surface area contributed by atoms with Gasteiger partial charge >= 0.3 is 0 Å². The number of aromatic nitrogens is 1. The van der Waals surface area contributed by atoms with Crippen molar-refractivity contribution in [1.29, 1.82) is 0 Å². The summed E-state index contributed by atoms with van der Waals surface area (Å²) < 4.78 is 22.9. The van der Waals surface area contributed by atoms with Crippen LogP contribution in [0, 0.1) is 0 Å². The summed E-state index contributed by atoms with van der Waals surface area (Å²) in [7, 11) is -2.92. The third kappa shape index (κ3) is 2.44. The topological polar surface area (TPSA) is 102 Å². The Balaban J connectivity index is 2.26. The molecule has 94 valence electrons. The molecule has 4 N–H and O–H groups in total. The zero-order valence-corrected chi connectivity index (χ0v) is 10.4. The molecule has 7 heteroatoms. The first-order valence-electron chi connectivity index (χ1n) is 5.38. The largest absolute Gasteiger partial charge is 0.396 e. The maximum Gasteiger partial charge on any atom is 0.154 e. The number of nitrogens with two attached hydrogens (primary N) is 2. The summed E-state index contributed by atoms with van der Waals surface area (Å²) in [5.41, 5.74) is 11.7. The molecule has 1 unspecified atom stereocenters. The molecule has 0 spiro atoms. The number of hydrogen-bond acceptors (Lipinski definition) is 6. The molecular weight excluding hydrogens is 240 g/mol. The second kappa shape index (κ2) is 4.06. The molecule has 1 saturated heterocycles. The number of nitrogen functional groups attached to an aromatic ring is 2. The molecule has 17 heavy (non-hydrogen) atoms. The van der Waals surface area contributed by atoms with E-state index in [1.54, 1.807) is 12.1 Å². The van der Waals surface area contributed by atoms with Crippen molar-refractivity contribution in [3.05, 3.63) is 12.1 Å². The molecule has 1 fully saturated rings. The van der Waals surface area contributed by atoms with Crippen LogP contribution in [0.2, 0.25) is 0 Å². The highest BCUT2D eigenvalue weighted by molar-refractivity contribution is 7.91. The van der Waals surface area contributed by atoms with Crippen LogP contribution in [0.4, 0.5) is 17.3 Å². The SMILES string of the molecule is CC1CS(=O)(=O)CCN1c1ccc(N)c(N)n1. The van der Waals surface area contributed by atoms with Crippen LogP contribution in [0.15, 0.2) is 12.1 Å². The van der Waals surface area contributed by atoms with E-state index in [2.05, 4.69) is 4.98 Å². The normalized spacial score (nSPS) is 23.6. The first-order chi connectivity index (χ1) is 7.89. The number of sulfone groups is 1. The van der Waals surface area contributed by atoms with Crippen LogP contribution in [-0.4, -0.2) is 37.5 Å². The van der Waals surface area contributed by atoms with Gasteiger partial charge in [-0.05, 0) is 19.1 Å². The molecule has 2 heterocycles. The van der Waals surface area contributed by atoms with Gasteiger partial charge in [-0.1, -0.05) is 0 Å². The maximum absolute atomic E-state index is 11.5. The van der Waals surface area contributed by atoms with Gasteiger partial charge in [0.1, 0.15) is 11.6 Å². The van der Waals surface area contributed by atoms with E-state index in [1.165, 1.54) is 0 Å². The van der Waals surface area contributed by atoms with Gasteiger partial charge in [0.15, 0.2) is 9.84 Å². The number of rotatable bonds is 1. The highest BCUT2D eigenvalue weighted by atomic mass is 32.2. The lowest BCUT2D eigenvalue weighted by molar-refractivity contribution is 0.567. The van der Waals surface area contributed by atoms with Crippen molar-refractivity contribution in [3.8, 4) is 0 Å². The van der Waals surface area contributed by atoms with Crippen molar-refractivity contribution in [2.75, 3.05) is 34.4 Å². The van der Waals surface area contributed by atoms with E-state index in [0.29, 0.717) is 18.1 Å². The average molecular weight is 256 g/mol. The summed E-state index contributed by atoms with van der Waals surface area (Å²) in [6, 6.07) is 3.36. The van der Waals surface area contributed by atoms with Crippen molar-refractivity contribution < 1.29 is 8.42 Å². The molecule has 2 rings (SSSR count). The quantitative estimate of drug-likeness (QED) is 0.725. The minimum atomic E-state index is -2.92. The van der Waals surface area contributed by atoms with Gasteiger partial charge in [-0.2, -0.15) is 0 Å². The molecule has 6 nitrogen and oxygen atoms in total. The third-order valence-corrected chi connectivity index (χ3v) is 4.70. The standard InChI is InChI=1S/C10H16N4O2S/c1-7-6-17(15,16)5-4-14(7)9-3-2-8(11)10(12)13-9/h2-3,7H,4-6,11H2,1H3,(H2,12,13). The van der Waals surface area contributed by atoms with Crippen LogP contribution in [-0.2, 0) is 9.84 Å². The Morgan fingerprint density at radius 2 is 2.12 bits per heavy atom. The number of hydrogen-bond donors (Lipinski definition) is 2. The Kier molecular flexibility index (Phi) is 2.86. The number of nitrogens with zero attached hydrogens (tertiary/aromatic N) is 2. The second-order valence-electron chi connectivity index (χ2n) is 4.30. The Bertz CT molecular complexity index is 529. The number of pyridine rings is 1. The molecule has 0 aliphatic carbocycles. The van der Waals surface area contributed by atoms with Gasteiger partial charge in [0.25, 0.3) is 0 Å². The monoisotopic (exact) mass is 256 g/mol. The Morgan fingerprint density at radius 3 is 2.71 bits per heavy atom. The van der Waals surface area contributed by atoms with Gasteiger partial charge < -0.3 is 16.4 Å². The molecule has 0 amide bonds. The van der Waals surface area contributed by atoms with Crippen molar-refractivity contribution >= 4 is 27.2 Å². The van der Waals surface area contributed by atoms with Crippen LogP contribution < -0.4 is 16.4 Å². The van der Waals surface area contributed by atoms with E-state index in [4.69, 9.17) is 11.5 Å². The van der Waals surface area contributed by atoms with Crippen LogP contribution in [0.25, 0.3) is 0 Å². The molecule has 0 radical (unpaired) electrons. The van der Waals surface area contributed by atoms with Gasteiger partial charge in [-0.15, -0.1) is 0 Å². The summed E-state index contributed by atoms with van der Waals surface area (Å²) in [6.07, 6.45) is 0. The molecule has 1 aromatic rings. The second-order valence-corrected chi connectivity index (χ2v) is 6.53. The zero-order chi connectivity index (χ0) is 12.6. The van der Waals surface area contributed by atoms with Crippen molar-refractivity contribution in [3.63, 3.8) is 0 Å². The van der Waals surface area contributed by atoms with E-state index in [1.807, 2.05) is 11.8 Å². The number of anilines is 3. The Labute approximate surface area is 101 Å². The molecule has 1 aromatic heterocycles. The van der Waals surface area contributed by atoms with Crippen molar-refractivity contribution in [2.24, 2.45) is 0 Å². The fourth-order valence-corrected chi connectivity index (χ4v) is 3.53. The lowest BCUT2D eigenvalue weighted by Crippen LogP contribution is -2.47. The first kappa shape index (κ1) is 12.0. The van der Waals surface area contributed by atoms with Gasteiger partial charge in [0.2, 0.25) is 0 Å². The Morgan fingerprint density at radius 1 is 1.41 bits per heavy atom. The van der Waals surface area contributed by atoms with Crippen LogP contribution in [0.3, 0.4) is 0 Å². The molecule has 1 aliphatic rings. The van der Waals surface area contributed by atoms with E-state index < -0.39 is 9.84 Å². The first-order valence-corrected chi connectivity index (χ1v) is 7.20. The van der Waals surface area contributed by atoms with Crippen molar-refractivity contribution in [2.45, 2.75) is 13.0 Å².